The maximum Gasteiger partial charge on any atom is 0.229 e. The minimum atomic E-state index is -1.37. The number of tetrazole rings is 1. The molecule has 3 atom stereocenters. The van der Waals surface area contributed by atoms with Crippen LogP contribution < -0.4 is 5.32 Å². The molecule has 0 aliphatic carbocycles. The van der Waals surface area contributed by atoms with E-state index in [-0.39, 0.29) is 27.7 Å². The third-order valence-electron chi connectivity index (χ3n) is 5.03. The van der Waals surface area contributed by atoms with Crippen LogP contribution in [0.2, 0.25) is 13.1 Å². The summed E-state index contributed by atoms with van der Waals surface area (Å²) >= 11 is 2.76. The lowest BCUT2D eigenvalue weighted by Gasteiger charge is -2.54. The van der Waals surface area contributed by atoms with Crippen LogP contribution in [-0.2, 0) is 21.1 Å². The van der Waals surface area contributed by atoms with Crippen molar-refractivity contribution in [2.45, 2.75) is 69.8 Å². The van der Waals surface area contributed by atoms with Crippen LogP contribution in [0.25, 0.3) is 0 Å². The summed E-state index contributed by atoms with van der Waals surface area (Å²) in [4.78, 5) is 24.8. The minimum Gasteiger partial charge on any atom is -0.414 e. The maximum atomic E-state index is 12.5. The van der Waals surface area contributed by atoms with Gasteiger partial charge in [0.15, 0.2) is 14.2 Å². The van der Waals surface area contributed by atoms with Crippen LogP contribution in [0.5, 0.6) is 0 Å². The number of aryl methyl sites for hydroxylation is 1. The predicted octanol–water partition coefficient (Wildman–Crippen LogP) is 2.22. The highest BCUT2D eigenvalue weighted by molar-refractivity contribution is 8.14. The van der Waals surface area contributed by atoms with Crippen LogP contribution in [0.15, 0.2) is 5.16 Å². The van der Waals surface area contributed by atoms with Crippen molar-refractivity contribution >= 4 is 43.6 Å². The molecular formula is C17H31N5O3S2Si. The van der Waals surface area contributed by atoms with Crippen molar-refractivity contribution in [3.63, 3.8) is 0 Å². The van der Waals surface area contributed by atoms with E-state index in [0.29, 0.717) is 6.42 Å². The summed E-state index contributed by atoms with van der Waals surface area (Å²) in [6.45, 7) is 12.5. The van der Waals surface area contributed by atoms with E-state index < -0.39 is 14.6 Å². The molecule has 11 heteroatoms. The Hall–Kier alpha value is -0.913. The summed E-state index contributed by atoms with van der Waals surface area (Å²) in [6, 6.07) is 0. The van der Waals surface area contributed by atoms with Gasteiger partial charge in [0.2, 0.25) is 11.1 Å². The lowest BCUT2D eigenvalue weighted by atomic mass is 9.67. The molecule has 1 aromatic heterocycles. The highest BCUT2D eigenvalue weighted by Gasteiger charge is 2.57. The molecule has 1 aromatic rings. The van der Waals surface area contributed by atoms with E-state index >= 15 is 0 Å². The summed E-state index contributed by atoms with van der Waals surface area (Å²) in [5, 5.41) is 14.8. The van der Waals surface area contributed by atoms with Gasteiger partial charge in [0.25, 0.3) is 0 Å². The molecule has 1 fully saturated rings. The van der Waals surface area contributed by atoms with Crippen molar-refractivity contribution in [3.8, 4) is 0 Å². The number of nitrogens with one attached hydrogen (secondary N) is 1. The first-order chi connectivity index (χ1) is 13.0. The predicted molar refractivity (Wildman–Crippen MR) is 115 cm³/mol. The monoisotopic (exact) mass is 445 g/mol. The van der Waals surface area contributed by atoms with Gasteiger partial charge in [0.1, 0.15) is 0 Å². The maximum absolute atomic E-state index is 12.5. The van der Waals surface area contributed by atoms with Gasteiger partial charge in [-0.3, -0.25) is 9.59 Å². The van der Waals surface area contributed by atoms with Crippen molar-refractivity contribution in [3.05, 3.63) is 0 Å². The van der Waals surface area contributed by atoms with Crippen LogP contribution in [0, 0.1) is 11.3 Å². The molecule has 0 radical (unpaired) electrons. The van der Waals surface area contributed by atoms with Gasteiger partial charge in [0.05, 0.1) is 16.9 Å². The summed E-state index contributed by atoms with van der Waals surface area (Å²) in [7, 11) is 0.420. The Balaban J connectivity index is 1.89. The van der Waals surface area contributed by atoms with Crippen molar-refractivity contribution in [1.82, 2.24) is 25.5 Å². The molecule has 28 heavy (non-hydrogen) atoms. The second kappa shape index (κ2) is 9.27. The van der Waals surface area contributed by atoms with Crippen LogP contribution >= 0.6 is 23.5 Å². The van der Waals surface area contributed by atoms with Crippen molar-refractivity contribution in [2.75, 3.05) is 5.75 Å². The molecule has 1 aliphatic rings. The molecule has 1 aliphatic heterocycles. The standard InChI is InChI=1S/C17H31N5O3S2Si/c1-16(2,3)17(4,25-28(6)7)12-13(24)18-14(12)27-11(23)9-8-10-26-15-19-20-21-22(15)5/h12,14,28H,8-10H2,1-7H3,(H,18,24)/t12-,14+,17+/m0/s1. The Morgan fingerprint density at radius 3 is 2.50 bits per heavy atom. The number of hydrogen-bond acceptors (Lipinski definition) is 8. The minimum absolute atomic E-state index is 0.0253. The average molecular weight is 446 g/mol. The number of nitrogens with zero attached hydrogens (tertiary/aromatic N) is 4. The van der Waals surface area contributed by atoms with Gasteiger partial charge >= 0.3 is 0 Å². The van der Waals surface area contributed by atoms with Crippen LogP contribution in [0.1, 0.15) is 40.5 Å². The van der Waals surface area contributed by atoms with Gasteiger partial charge in [-0.2, -0.15) is 0 Å². The van der Waals surface area contributed by atoms with E-state index in [1.807, 2.05) is 6.92 Å². The number of hydrogen-bond donors (Lipinski definition) is 1. The van der Waals surface area contributed by atoms with E-state index in [0.717, 1.165) is 17.3 Å². The quantitative estimate of drug-likeness (QED) is 0.267. The SMILES string of the molecule is Cn1nnnc1SCCCC(=O)S[C@H]1NC(=O)[C@@H]1[C@@](C)(O[SiH](C)C)C(C)(C)C. The lowest BCUT2D eigenvalue weighted by Crippen LogP contribution is -2.69. The zero-order chi connectivity index (χ0) is 21.1. The number of aromatic nitrogens is 4. The second-order valence-electron chi connectivity index (χ2n) is 8.46. The Morgan fingerprint density at radius 1 is 1.32 bits per heavy atom. The molecule has 8 nitrogen and oxygen atoms in total. The number of amides is 1. The zero-order valence-electron chi connectivity index (χ0n) is 17.7. The Morgan fingerprint density at radius 2 is 2.00 bits per heavy atom. The van der Waals surface area contributed by atoms with Crippen molar-refractivity contribution in [2.24, 2.45) is 18.4 Å². The van der Waals surface area contributed by atoms with Gasteiger partial charge in [0, 0.05) is 19.2 Å². The van der Waals surface area contributed by atoms with Crippen LogP contribution in [0.4, 0.5) is 0 Å². The summed E-state index contributed by atoms with van der Waals surface area (Å²) in [5.74, 6) is 0.418. The third-order valence-corrected chi connectivity index (χ3v) is 8.20. The summed E-state index contributed by atoms with van der Waals surface area (Å²) < 4.78 is 7.98. The van der Waals surface area contributed by atoms with Crippen LogP contribution in [0.3, 0.4) is 0 Å². The van der Waals surface area contributed by atoms with E-state index in [1.165, 1.54) is 23.5 Å². The molecule has 158 valence electrons. The van der Waals surface area contributed by atoms with Gasteiger partial charge in [-0.05, 0) is 42.3 Å². The van der Waals surface area contributed by atoms with E-state index in [1.54, 1.807) is 11.7 Å². The normalized spacial score (nSPS) is 21.9. The van der Waals surface area contributed by atoms with Gasteiger partial charge in [-0.1, -0.05) is 44.3 Å². The first-order valence-electron chi connectivity index (χ1n) is 9.48. The molecule has 1 saturated heterocycles. The Labute approximate surface area is 177 Å². The lowest BCUT2D eigenvalue weighted by molar-refractivity contribution is -0.153. The van der Waals surface area contributed by atoms with Gasteiger partial charge in [-0.15, -0.1) is 5.10 Å². The summed E-state index contributed by atoms with van der Waals surface area (Å²) in [5.41, 5.74) is -0.808. The first kappa shape index (κ1) is 23.4. The molecule has 0 spiro atoms. The van der Waals surface area contributed by atoms with Crippen molar-refractivity contribution in [1.29, 1.82) is 0 Å². The van der Waals surface area contributed by atoms with Crippen LogP contribution in [-0.4, -0.2) is 57.0 Å². The second-order valence-corrected chi connectivity index (χ2v) is 13.1. The molecular weight excluding hydrogens is 414 g/mol. The van der Waals surface area contributed by atoms with E-state index in [4.69, 9.17) is 4.43 Å². The number of rotatable bonds is 9. The fourth-order valence-corrected chi connectivity index (χ4v) is 6.63. The third kappa shape index (κ3) is 5.36. The highest BCUT2D eigenvalue weighted by atomic mass is 32.2. The molecule has 0 bridgehead atoms. The molecule has 0 saturated carbocycles. The molecule has 2 heterocycles. The smallest absolute Gasteiger partial charge is 0.229 e. The molecule has 0 unspecified atom stereocenters. The van der Waals surface area contributed by atoms with E-state index in [9.17, 15) is 9.59 Å². The molecule has 0 aromatic carbocycles. The number of carbonyl (C=O) groups excluding carboxylic acids is 2. The van der Waals surface area contributed by atoms with Gasteiger partial charge in [-0.25, -0.2) is 4.68 Å². The molecule has 1 amide bonds. The largest absolute Gasteiger partial charge is 0.414 e. The summed E-state index contributed by atoms with van der Waals surface area (Å²) in [6.07, 6.45) is 1.19. The Bertz CT molecular complexity index is 709. The molecule has 2 rings (SSSR count). The number of thioether (sulfide) groups is 2. The average Bonchev–Trinajstić information content (AvgIpc) is 2.94. The fraction of sp³-hybridized carbons (Fsp3) is 0.824. The van der Waals surface area contributed by atoms with Gasteiger partial charge < -0.3 is 9.74 Å². The highest BCUT2D eigenvalue weighted by Crippen LogP contribution is 2.47. The number of carbonyl (C=O) groups is 2. The van der Waals surface area contributed by atoms with Crippen molar-refractivity contribution < 1.29 is 14.0 Å². The fourth-order valence-electron chi connectivity index (χ4n) is 3.12. The molecule has 1 N–H and O–H groups in total. The Kier molecular flexibility index (Phi) is 7.74. The van der Waals surface area contributed by atoms with E-state index in [2.05, 4.69) is 54.7 Å². The number of β-lactam (4-membered cyclic amide) rings is 1. The first-order valence-corrected chi connectivity index (χ1v) is 14.1. The zero-order valence-corrected chi connectivity index (χ0v) is 20.5. The topological polar surface area (TPSA) is 99.0 Å².